The Bertz CT molecular complexity index is 553. The summed E-state index contributed by atoms with van der Waals surface area (Å²) in [5.41, 5.74) is 6.76. The van der Waals surface area contributed by atoms with Gasteiger partial charge in [0, 0.05) is 45.1 Å². The van der Waals surface area contributed by atoms with Crippen LogP contribution in [0.4, 0.5) is 17.5 Å². The largest absolute Gasteiger partial charge is 0.384 e. The molecule has 0 unspecified atom stereocenters. The predicted molar refractivity (Wildman–Crippen MR) is 81.0 cm³/mol. The van der Waals surface area contributed by atoms with Crippen LogP contribution in [0.15, 0.2) is 30.7 Å². The molecule has 6 nitrogen and oxygen atoms in total. The van der Waals surface area contributed by atoms with Crippen LogP contribution in [-0.2, 0) is 6.54 Å². The lowest BCUT2D eigenvalue weighted by Gasteiger charge is -2.36. The molecule has 0 amide bonds. The highest BCUT2D eigenvalue weighted by molar-refractivity contribution is 5.49. The fourth-order valence-electron chi connectivity index (χ4n) is 2.58. The second kappa shape index (κ2) is 5.40. The van der Waals surface area contributed by atoms with Crippen LogP contribution in [0.25, 0.3) is 0 Å². The van der Waals surface area contributed by atoms with Gasteiger partial charge in [-0.2, -0.15) is 0 Å². The van der Waals surface area contributed by atoms with Crippen LogP contribution >= 0.6 is 0 Å². The first kappa shape index (κ1) is 12.8. The van der Waals surface area contributed by atoms with Gasteiger partial charge in [0.2, 0.25) is 5.95 Å². The molecule has 0 aromatic carbocycles. The molecule has 3 rings (SSSR count). The van der Waals surface area contributed by atoms with E-state index < -0.39 is 0 Å². The van der Waals surface area contributed by atoms with Gasteiger partial charge in [-0.25, -0.2) is 9.97 Å². The Hall–Kier alpha value is -2.24. The highest BCUT2D eigenvalue weighted by Gasteiger charge is 2.20. The molecule has 0 bridgehead atoms. The van der Waals surface area contributed by atoms with Crippen molar-refractivity contribution in [2.75, 3.05) is 41.7 Å². The zero-order chi connectivity index (χ0) is 13.9. The van der Waals surface area contributed by atoms with Crippen LogP contribution in [0.3, 0.4) is 0 Å². The third kappa shape index (κ3) is 2.41. The smallest absolute Gasteiger partial charge is 0.205 e. The van der Waals surface area contributed by atoms with Crippen molar-refractivity contribution in [3.05, 3.63) is 30.7 Å². The minimum absolute atomic E-state index is 0.567. The molecule has 2 aromatic rings. The Balaban J connectivity index is 1.66. The standard InChI is InChI=1S/C14H20N6/c1-2-18-6-5-16-14(18)20-9-7-19(8-10-20)12-3-4-13(15)17-11-12/h3-6,11H,2,7-10H2,1H3,(H2,15,17). The van der Waals surface area contributed by atoms with E-state index in [0.29, 0.717) is 5.82 Å². The topological polar surface area (TPSA) is 63.2 Å². The molecule has 1 aliphatic heterocycles. The van der Waals surface area contributed by atoms with E-state index in [1.165, 1.54) is 0 Å². The third-order valence-electron chi connectivity index (χ3n) is 3.73. The van der Waals surface area contributed by atoms with Crippen LogP contribution in [0.1, 0.15) is 6.92 Å². The molecule has 1 fully saturated rings. The van der Waals surface area contributed by atoms with E-state index in [9.17, 15) is 0 Å². The first-order valence-electron chi connectivity index (χ1n) is 7.00. The molecule has 2 N–H and O–H groups in total. The van der Waals surface area contributed by atoms with E-state index in [2.05, 4.69) is 31.3 Å². The maximum absolute atomic E-state index is 5.63. The fourth-order valence-corrected chi connectivity index (χ4v) is 2.58. The summed E-state index contributed by atoms with van der Waals surface area (Å²) < 4.78 is 2.18. The van der Waals surface area contributed by atoms with Crippen LogP contribution in [0.2, 0.25) is 0 Å². The molecule has 0 spiro atoms. The minimum atomic E-state index is 0.567. The lowest BCUT2D eigenvalue weighted by Crippen LogP contribution is -2.47. The number of hydrogen-bond acceptors (Lipinski definition) is 5. The Labute approximate surface area is 118 Å². The molecule has 106 valence electrons. The Morgan fingerprint density at radius 1 is 1.10 bits per heavy atom. The Morgan fingerprint density at radius 3 is 2.50 bits per heavy atom. The van der Waals surface area contributed by atoms with Crippen molar-refractivity contribution < 1.29 is 0 Å². The number of piperazine rings is 1. The number of anilines is 3. The van der Waals surface area contributed by atoms with E-state index in [1.807, 2.05) is 30.7 Å². The number of pyridine rings is 1. The zero-order valence-electron chi connectivity index (χ0n) is 11.7. The number of hydrogen-bond donors (Lipinski definition) is 1. The maximum Gasteiger partial charge on any atom is 0.205 e. The summed E-state index contributed by atoms with van der Waals surface area (Å²) in [6, 6.07) is 3.89. The number of nitrogens with zero attached hydrogens (tertiary/aromatic N) is 5. The number of aryl methyl sites for hydroxylation is 1. The summed E-state index contributed by atoms with van der Waals surface area (Å²) >= 11 is 0. The van der Waals surface area contributed by atoms with Gasteiger partial charge in [0.05, 0.1) is 11.9 Å². The van der Waals surface area contributed by atoms with Crippen molar-refractivity contribution in [3.63, 3.8) is 0 Å². The first-order chi connectivity index (χ1) is 9.78. The summed E-state index contributed by atoms with van der Waals surface area (Å²) in [5.74, 6) is 1.64. The van der Waals surface area contributed by atoms with Gasteiger partial charge in [0.1, 0.15) is 5.82 Å². The summed E-state index contributed by atoms with van der Waals surface area (Å²) in [4.78, 5) is 13.3. The molecule has 1 saturated heterocycles. The van der Waals surface area contributed by atoms with Gasteiger partial charge in [-0.15, -0.1) is 0 Å². The van der Waals surface area contributed by atoms with Crippen LogP contribution < -0.4 is 15.5 Å². The molecule has 0 saturated carbocycles. The van der Waals surface area contributed by atoms with Gasteiger partial charge in [-0.3, -0.25) is 0 Å². The van der Waals surface area contributed by atoms with Gasteiger partial charge in [0.25, 0.3) is 0 Å². The number of imidazole rings is 1. The zero-order valence-corrected chi connectivity index (χ0v) is 11.7. The van der Waals surface area contributed by atoms with Gasteiger partial charge < -0.3 is 20.1 Å². The number of aromatic nitrogens is 3. The molecule has 20 heavy (non-hydrogen) atoms. The van der Waals surface area contributed by atoms with Crippen molar-refractivity contribution in [1.82, 2.24) is 14.5 Å². The highest BCUT2D eigenvalue weighted by Crippen LogP contribution is 2.19. The molecule has 0 aliphatic carbocycles. The molecular formula is C14H20N6. The van der Waals surface area contributed by atoms with Gasteiger partial charge >= 0.3 is 0 Å². The fraction of sp³-hybridized carbons (Fsp3) is 0.429. The molecule has 3 heterocycles. The summed E-state index contributed by atoms with van der Waals surface area (Å²) in [6.07, 6.45) is 5.75. The third-order valence-corrected chi connectivity index (χ3v) is 3.73. The Morgan fingerprint density at radius 2 is 1.85 bits per heavy atom. The number of nitrogens with two attached hydrogens (primary N) is 1. The quantitative estimate of drug-likeness (QED) is 0.910. The Kier molecular flexibility index (Phi) is 3.45. The maximum atomic E-state index is 5.63. The van der Waals surface area contributed by atoms with Crippen molar-refractivity contribution >= 4 is 17.5 Å². The normalized spacial score (nSPS) is 15.7. The molecule has 2 aromatic heterocycles. The van der Waals surface area contributed by atoms with Crippen molar-refractivity contribution in [3.8, 4) is 0 Å². The molecule has 0 radical (unpaired) electrons. The number of nitrogen functional groups attached to an aromatic ring is 1. The van der Waals surface area contributed by atoms with E-state index >= 15 is 0 Å². The van der Waals surface area contributed by atoms with Crippen LogP contribution in [-0.4, -0.2) is 40.7 Å². The summed E-state index contributed by atoms with van der Waals surface area (Å²) in [6.45, 7) is 6.99. The van der Waals surface area contributed by atoms with E-state index in [-0.39, 0.29) is 0 Å². The monoisotopic (exact) mass is 272 g/mol. The summed E-state index contributed by atoms with van der Waals surface area (Å²) in [5, 5.41) is 0. The average Bonchev–Trinajstić information content (AvgIpc) is 2.97. The molecular weight excluding hydrogens is 252 g/mol. The van der Waals surface area contributed by atoms with Crippen LogP contribution in [0, 0.1) is 0 Å². The van der Waals surface area contributed by atoms with Crippen LogP contribution in [0.5, 0.6) is 0 Å². The second-order valence-electron chi connectivity index (χ2n) is 4.93. The SMILES string of the molecule is CCn1ccnc1N1CCN(c2ccc(N)nc2)CC1. The second-order valence-corrected chi connectivity index (χ2v) is 4.93. The molecule has 1 aliphatic rings. The van der Waals surface area contributed by atoms with E-state index in [4.69, 9.17) is 5.73 Å². The van der Waals surface area contributed by atoms with Gasteiger partial charge in [-0.1, -0.05) is 0 Å². The predicted octanol–water partition coefficient (Wildman–Crippen LogP) is 1.21. The molecule has 0 atom stereocenters. The van der Waals surface area contributed by atoms with Crippen molar-refractivity contribution in [1.29, 1.82) is 0 Å². The lowest BCUT2D eigenvalue weighted by molar-refractivity contribution is 0.618. The first-order valence-corrected chi connectivity index (χ1v) is 7.00. The minimum Gasteiger partial charge on any atom is -0.384 e. The van der Waals surface area contributed by atoms with Gasteiger partial charge in [0.15, 0.2) is 0 Å². The van der Waals surface area contributed by atoms with E-state index in [1.54, 1.807) is 0 Å². The average molecular weight is 272 g/mol. The molecule has 6 heteroatoms. The summed E-state index contributed by atoms with van der Waals surface area (Å²) in [7, 11) is 0. The van der Waals surface area contributed by atoms with Crippen molar-refractivity contribution in [2.45, 2.75) is 13.5 Å². The highest BCUT2D eigenvalue weighted by atomic mass is 15.3. The lowest BCUT2D eigenvalue weighted by atomic mass is 10.3. The number of rotatable bonds is 3. The van der Waals surface area contributed by atoms with Gasteiger partial charge in [-0.05, 0) is 19.1 Å². The van der Waals surface area contributed by atoms with Crippen molar-refractivity contribution in [2.24, 2.45) is 0 Å². The van der Waals surface area contributed by atoms with E-state index in [0.717, 1.165) is 44.4 Å².